The van der Waals surface area contributed by atoms with E-state index < -0.39 is 0 Å². The van der Waals surface area contributed by atoms with E-state index in [1.165, 1.54) is 0 Å². The molecule has 5 heteroatoms. The predicted molar refractivity (Wildman–Crippen MR) is 59.5 cm³/mol. The number of aliphatic hydroxyl groups excluding tert-OH is 1. The van der Waals surface area contributed by atoms with Crippen LogP contribution < -0.4 is 5.32 Å². The van der Waals surface area contributed by atoms with Gasteiger partial charge in [-0.15, -0.1) is 0 Å². The third-order valence-electron chi connectivity index (χ3n) is 2.18. The van der Waals surface area contributed by atoms with Crippen LogP contribution >= 0.6 is 0 Å². The summed E-state index contributed by atoms with van der Waals surface area (Å²) in [5.74, 6) is 0. The Morgan fingerprint density at radius 2 is 2.33 bits per heavy atom. The van der Waals surface area contributed by atoms with Gasteiger partial charge in [-0.3, -0.25) is 4.68 Å². The molecule has 1 aromatic rings. The van der Waals surface area contributed by atoms with Gasteiger partial charge in [-0.2, -0.15) is 5.10 Å². The maximum atomic E-state index is 9.59. The SMILES string of the molecule is CN(C)CC(O)CNCc1ccnn1C. The average molecular weight is 212 g/mol. The van der Waals surface area contributed by atoms with E-state index in [2.05, 4.69) is 10.4 Å². The molecule has 0 aromatic carbocycles. The molecule has 5 nitrogen and oxygen atoms in total. The summed E-state index contributed by atoms with van der Waals surface area (Å²) in [6.45, 7) is 2.02. The van der Waals surface area contributed by atoms with Gasteiger partial charge < -0.3 is 15.3 Å². The largest absolute Gasteiger partial charge is 0.390 e. The van der Waals surface area contributed by atoms with Gasteiger partial charge in [-0.1, -0.05) is 0 Å². The molecule has 0 saturated heterocycles. The molecule has 0 aliphatic rings. The smallest absolute Gasteiger partial charge is 0.0791 e. The summed E-state index contributed by atoms with van der Waals surface area (Å²) in [6, 6.07) is 1.96. The molecule has 0 amide bonds. The van der Waals surface area contributed by atoms with Crippen molar-refractivity contribution in [2.45, 2.75) is 12.6 Å². The Morgan fingerprint density at radius 3 is 2.87 bits per heavy atom. The molecule has 1 heterocycles. The summed E-state index contributed by atoms with van der Waals surface area (Å²) < 4.78 is 1.82. The lowest BCUT2D eigenvalue weighted by atomic mass is 10.3. The van der Waals surface area contributed by atoms with E-state index in [1.54, 1.807) is 6.20 Å². The van der Waals surface area contributed by atoms with Crippen LogP contribution in [-0.4, -0.2) is 53.1 Å². The Morgan fingerprint density at radius 1 is 1.60 bits per heavy atom. The van der Waals surface area contributed by atoms with Crippen LogP contribution in [0.1, 0.15) is 5.69 Å². The highest BCUT2D eigenvalue weighted by atomic mass is 16.3. The zero-order valence-corrected chi connectivity index (χ0v) is 9.64. The number of hydrogen-bond acceptors (Lipinski definition) is 4. The number of hydrogen-bond donors (Lipinski definition) is 2. The number of nitrogens with zero attached hydrogens (tertiary/aromatic N) is 3. The summed E-state index contributed by atoms with van der Waals surface area (Å²) in [6.07, 6.45) is 1.45. The molecule has 1 aromatic heterocycles. The van der Waals surface area contributed by atoms with Crippen molar-refractivity contribution in [3.05, 3.63) is 18.0 Å². The number of aryl methyl sites for hydroxylation is 1. The quantitative estimate of drug-likeness (QED) is 0.663. The maximum absolute atomic E-state index is 9.59. The molecule has 0 fully saturated rings. The van der Waals surface area contributed by atoms with Crippen LogP contribution in [0.5, 0.6) is 0 Å². The number of likely N-dealkylation sites (N-methyl/N-ethyl adjacent to an activating group) is 1. The fourth-order valence-corrected chi connectivity index (χ4v) is 1.43. The van der Waals surface area contributed by atoms with Crippen LogP contribution in [0.2, 0.25) is 0 Å². The Hall–Kier alpha value is -0.910. The molecule has 1 unspecified atom stereocenters. The Bertz CT molecular complexity index is 285. The molecule has 0 spiro atoms. The van der Waals surface area contributed by atoms with E-state index in [4.69, 9.17) is 0 Å². The van der Waals surface area contributed by atoms with E-state index in [0.717, 1.165) is 12.2 Å². The molecule has 0 bridgehead atoms. The molecule has 0 aliphatic heterocycles. The minimum absolute atomic E-state index is 0.326. The van der Waals surface area contributed by atoms with Crippen molar-refractivity contribution in [2.75, 3.05) is 27.2 Å². The molecule has 1 rings (SSSR count). The van der Waals surface area contributed by atoms with Crippen LogP contribution in [-0.2, 0) is 13.6 Å². The molecule has 0 aliphatic carbocycles. The summed E-state index contributed by atoms with van der Waals surface area (Å²) >= 11 is 0. The van der Waals surface area contributed by atoms with Crippen molar-refractivity contribution in [1.29, 1.82) is 0 Å². The third kappa shape index (κ3) is 4.42. The molecule has 86 valence electrons. The van der Waals surface area contributed by atoms with Crippen LogP contribution in [0.3, 0.4) is 0 Å². The van der Waals surface area contributed by atoms with Crippen molar-refractivity contribution >= 4 is 0 Å². The first-order valence-corrected chi connectivity index (χ1v) is 5.10. The van der Waals surface area contributed by atoms with Gasteiger partial charge in [0.05, 0.1) is 11.8 Å². The van der Waals surface area contributed by atoms with Gasteiger partial charge in [0.15, 0.2) is 0 Å². The van der Waals surface area contributed by atoms with E-state index >= 15 is 0 Å². The van der Waals surface area contributed by atoms with Crippen LogP contribution in [0.4, 0.5) is 0 Å². The molecule has 0 radical (unpaired) electrons. The van der Waals surface area contributed by atoms with Gasteiger partial charge in [0.2, 0.25) is 0 Å². The fraction of sp³-hybridized carbons (Fsp3) is 0.700. The molecular weight excluding hydrogens is 192 g/mol. The lowest BCUT2D eigenvalue weighted by Gasteiger charge is -2.16. The van der Waals surface area contributed by atoms with Crippen molar-refractivity contribution in [3.63, 3.8) is 0 Å². The summed E-state index contributed by atoms with van der Waals surface area (Å²) in [5.41, 5.74) is 1.12. The second-order valence-corrected chi connectivity index (χ2v) is 3.99. The molecular formula is C10H20N4O. The highest BCUT2D eigenvalue weighted by Gasteiger charge is 2.05. The Kier molecular flexibility index (Phi) is 4.74. The van der Waals surface area contributed by atoms with Crippen LogP contribution in [0, 0.1) is 0 Å². The third-order valence-corrected chi connectivity index (χ3v) is 2.18. The first-order valence-electron chi connectivity index (χ1n) is 5.10. The van der Waals surface area contributed by atoms with E-state index in [1.807, 2.05) is 36.8 Å². The predicted octanol–water partition coefficient (Wildman–Crippen LogP) is -0.568. The van der Waals surface area contributed by atoms with Gasteiger partial charge >= 0.3 is 0 Å². The second-order valence-electron chi connectivity index (χ2n) is 3.99. The summed E-state index contributed by atoms with van der Waals surface area (Å²) in [5, 5.41) is 16.9. The second kappa shape index (κ2) is 5.85. The molecule has 0 saturated carbocycles. The van der Waals surface area contributed by atoms with E-state index in [-0.39, 0.29) is 6.10 Å². The fourth-order valence-electron chi connectivity index (χ4n) is 1.43. The van der Waals surface area contributed by atoms with Gasteiger partial charge in [0.1, 0.15) is 0 Å². The minimum atomic E-state index is -0.326. The number of aliphatic hydroxyl groups is 1. The maximum Gasteiger partial charge on any atom is 0.0791 e. The zero-order valence-electron chi connectivity index (χ0n) is 9.64. The van der Waals surface area contributed by atoms with Crippen LogP contribution in [0.15, 0.2) is 12.3 Å². The first-order chi connectivity index (χ1) is 7.09. The molecule has 1 atom stereocenters. The van der Waals surface area contributed by atoms with Crippen molar-refractivity contribution in [2.24, 2.45) is 7.05 Å². The van der Waals surface area contributed by atoms with Crippen molar-refractivity contribution in [3.8, 4) is 0 Å². The van der Waals surface area contributed by atoms with Gasteiger partial charge in [-0.05, 0) is 20.2 Å². The lowest BCUT2D eigenvalue weighted by Crippen LogP contribution is -2.35. The normalized spacial score (nSPS) is 13.4. The Labute approximate surface area is 90.7 Å². The van der Waals surface area contributed by atoms with Crippen molar-refractivity contribution in [1.82, 2.24) is 20.0 Å². The van der Waals surface area contributed by atoms with E-state index in [9.17, 15) is 5.11 Å². The Balaban J connectivity index is 2.19. The van der Waals surface area contributed by atoms with Gasteiger partial charge in [-0.25, -0.2) is 0 Å². The topological polar surface area (TPSA) is 53.3 Å². The van der Waals surface area contributed by atoms with Crippen LogP contribution in [0.25, 0.3) is 0 Å². The number of nitrogens with one attached hydrogen (secondary N) is 1. The lowest BCUT2D eigenvalue weighted by molar-refractivity contribution is 0.134. The molecule has 15 heavy (non-hydrogen) atoms. The number of rotatable bonds is 6. The highest BCUT2D eigenvalue weighted by molar-refractivity contribution is 4.99. The monoisotopic (exact) mass is 212 g/mol. The number of aromatic nitrogens is 2. The summed E-state index contributed by atoms with van der Waals surface area (Å²) in [4.78, 5) is 1.97. The average Bonchev–Trinajstić information content (AvgIpc) is 2.50. The van der Waals surface area contributed by atoms with E-state index in [0.29, 0.717) is 13.1 Å². The molecule has 2 N–H and O–H groups in total. The first kappa shape index (κ1) is 12.2. The van der Waals surface area contributed by atoms with Gasteiger partial charge in [0.25, 0.3) is 0 Å². The van der Waals surface area contributed by atoms with Gasteiger partial charge in [0, 0.05) is 32.9 Å². The summed E-state index contributed by atoms with van der Waals surface area (Å²) in [7, 11) is 5.81. The van der Waals surface area contributed by atoms with Crippen molar-refractivity contribution < 1.29 is 5.11 Å². The highest BCUT2D eigenvalue weighted by Crippen LogP contribution is 1.95. The minimum Gasteiger partial charge on any atom is -0.390 e. The standard InChI is InChI=1S/C10H20N4O/c1-13(2)8-10(15)7-11-6-9-4-5-12-14(9)3/h4-5,10-11,15H,6-8H2,1-3H3. The zero-order chi connectivity index (χ0) is 11.3.